The maximum Gasteiger partial charge on any atom is 0.325 e. The number of carboxylic acid groups (broad SMARTS) is 1. The maximum atomic E-state index is 11.2. The summed E-state index contributed by atoms with van der Waals surface area (Å²) >= 11 is 0. The third kappa shape index (κ3) is 6.36. The zero-order valence-corrected chi connectivity index (χ0v) is 11.6. The van der Waals surface area contributed by atoms with Crippen LogP contribution in [0, 0.1) is 5.92 Å². The quantitative estimate of drug-likeness (QED) is 0.673. The number of aliphatic carboxylic acids is 1. The first-order valence-electron chi connectivity index (χ1n) is 6.70. The summed E-state index contributed by atoms with van der Waals surface area (Å²) in [5.74, 6) is -0.238. The van der Waals surface area contributed by atoms with Crippen molar-refractivity contribution in [3.63, 3.8) is 0 Å². The Morgan fingerprint density at radius 1 is 1.26 bits per heavy atom. The van der Waals surface area contributed by atoms with Gasteiger partial charge in [0.25, 0.3) is 0 Å². The molecule has 4 heteroatoms. The lowest BCUT2D eigenvalue weighted by molar-refractivity contribution is -0.139. The van der Waals surface area contributed by atoms with Gasteiger partial charge in [-0.05, 0) is 17.9 Å². The van der Waals surface area contributed by atoms with Crippen LogP contribution in [0.3, 0.4) is 0 Å². The number of nitrogens with one attached hydrogen (secondary N) is 1. The molecule has 0 fully saturated rings. The number of carboxylic acids is 1. The fourth-order valence-electron chi connectivity index (χ4n) is 1.69. The topological polar surface area (TPSA) is 58.6 Å². The van der Waals surface area contributed by atoms with E-state index in [4.69, 9.17) is 4.74 Å². The van der Waals surface area contributed by atoms with E-state index < -0.39 is 12.0 Å². The minimum Gasteiger partial charge on any atom is -0.480 e. The van der Waals surface area contributed by atoms with Crippen LogP contribution in [0.2, 0.25) is 0 Å². The van der Waals surface area contributed by atoms with Crippen molar-refractivity contribution >= 4 is 5.97 Å². The van der Waals surface area contributed by atoms with Crippen LogP contribution in [-0.2, 0) is 9.53 Å². The molecule has 0 aromatic heterocycles. The fourth-order valence-corrected chi connectivity index (χ4v) is 1.69. The standard InChI is InChI=1S/C15H23NO3/c1-12(2)8-10-19-11-9-16-14(15(17)18)13-6-4-3-5-7-13/h3-7,12,14,16H,8-11H2,1-2H3,(H,17,18). The lowest BCUT2D eigenvalue weighted by atomic mass is 10.1. The van der Waals surface area contributed by atoms with E-state index in [1.807, 2.05) is 30.3 Å². The number of rotatable bonds is 9. The molecule has 1 unspecified atom stereocenters. The first-order valence-corrected chi connectivity index (χ1v) is 6.70. The molecule has 0 saturated heterocycles. The summed E-state index contributed by atoms with van der Waals surface area (Å²) in [6.07, 6.45) is 1.03. The molecule has 4 nitrogen and oxygen atoms in total. The second-order valence-corrected chi connectivity index (χ2v) is 4.93. The normalized spacial score (nSPS) is 12.6. The molecule has 0 heterocycles. The van der Waals surface area contributed by atoms with Crippen molar-refractivity contribution in [1.82, 2.24) is 5.32 Å². The molecule has 0 bridgehead atoms. The predicted molar refractivity (Wildman–Crippen MR) is 75.1 cm³/mol. The minimum atomic E-state index is -0.867. The van der Waals surface area contributed by atoms with Gasteiger partial charge in [-0.25, -0.2) is 0 Å². The third-order valence-corrected chi connectivity index (χ3v) is 2.81. The largest absolute Gasteiger partial charge is 0.480 e. The Morgan fingerprint density at radius 3 is 2.53 bits per heavy atom. The van der Waals surface area contributed by atoms with E-state index in [1.54, 1.807) is 0 Å². The van der Waals surface area contributed by atoms with Gasteiger partial charge in [0.05, 0.1) is 6.61 Å². The monoisotopic (exact) mass is 265 g/mol. The first-order chi connectivity index (χ1) is 9.11. The van der Waals surface area contributed by atoms with E-state index in [9.17, 15) is 9.90 Å². The Bertz CT molecular complexity index is 365. The minimum absolute atomic E-state index is 0.531. The van der Waals surface area contributed by atoms with Crippen molar-refractivity contribution in [3.05, 3.63) is 35.9 Å². The lowest BCUT2D eigenvalue weighted by Gasteiger charge is -2.15. The smallest absolute Gasteiger partial charge is 0.325 e. The van der Waals surface area contributed by atoms with Crippen LogP contribution < -0.4 is 5.32 Å². The molecule has 2 N–H and O–H groups in total. The summed E-state index contributed by atoms with van der Waals surface area (Å²) in [5, 5.41) is 12.2. The van der Waals surface area contributed by atoms with Crippen LogP contribution in [0.1, 0.15) is 31.9 Å². The summed E-state index contributed by atoms with van der Waals surface area (Å²) in [6, 6.07) is 8.50. The summed E-state index contributed by atoms with van der Waals surface area (Å²) in [5.41, 5.74) is 0.761. The van der Waals surface area contributed by atoms with Gasteiger partial charge in [0.15, 0.2) is 0 Å². The number of ether oxygens (including phenoxy) is 1. The van der Waals surface area contributed by atoms with Crippen molar-refractivity contribution in [1.29, 1.82) is 0 Å². The van der Waals surface area contributed by atoms with E-state index in [-0.39, 0.29) is 0 Å². The molecule has 1 atom stereocenters. The Morgan fingerprint density at radius 2 is 1.95 bits per heavy atom. The Balaban J connectivity index is 2.30. The Kier molecular flexibility index (Phi) is 7.15. The van der Waals surface area contributed by atoms with Gasteiger partial charge in [0.1, 0.15) is 6.04 Å². The molecule has 0 aliphatic rings. The van der Waals surface area contributed by atoms with Gasteiger partial charge < -0.3 is 9.84 Å². The van der Waals surface area contributed by atoms with Gasteiger partial charge >= 0.3 is 5.97 Å². The van der Waals surface area contributed by atoms with Crippen molar-refractivity contribution in [2.24, 2.45) is 5.92 Å². The summed E-state index contributed by atoms with van der Waals surface area (Å²) in [7, 11) is 0. The summed E-state index contributed by atoms with van der Waals surface area (Å²) in [6.45, 7) is 6.09. The number of carbonyl (C=O) groups is 1. The van der Waals surface area contributed by atoms with E-state index >= 15 is 0 Å². The van der Waals surface area contributed by atoms with Crippen molar-refractivity contribution in [2.75, 3.05) is 19.8 Å². The lowest BCUT2D eigenvalue weighted by Crippen LogP contribution is -2.31. The second kappa shape index (κ2) is 8.67. The molecule has 19 heavy (non-hydrogen) atoms. The number of benzene rings is 1. The van der Waals surface area contributed by atoms with Crippen LogP contribution in [0.15, 0.2) is 30.3 Å². The van der Waals surface area contributed by atoms with Crippen LogP contribution in [0.5, 0.6) is 0 Å². The molecule has 0 radical (unpaired) electrons. The molecule has 1 aromatic rings. The van der Waals surface area contributed by atoms with Gasteiger partial charge in [-0.1, -0.05) is 44.2 Å². The molecule has 0 saturated carbocycles. The molecule has 0 amide bonds. The van der Waals surface area contributed by atoms with Crippen molar-refractivity contribution in [2.45, 2.75) is 26.3 Å². The Hall–Kier alpha value is -1.39. The van der Waals surface area contributed by atoms with E-state index in [2.05, 4.69) is 19.2 Å². The fraction of sp³-hybridized carbons (Fsp3) is 0.533. The van der Waals surface area contributed by atoms with Gasteiger partial charge in [-0.3, -0.25) is 10.1 Å². The highest BCUT2D eigenvalue weighted by atomic mass is 16.5. The highest BCUT2D eigenvalue weighted by molar-refractivity contribution is 5.75. The van der Waals surface area contributed by atoms with Crippen LogP contribution in [0.4, 0.5) is 0 Å². The van der Waals surface area contributed by atoms with E-state index in [1.165, 1.54) is 0 Å². The predicted octanol–water partition coefficient (Wildman–Crippen LogP) is 2.46. The van der Waals surface area contributed by atoms with Gasteiger partial charge in [-0.15, -0.1) is 0 Å². The molecular formula is C15H23NO3. The molecular weight excluding hydrogens is 242 g/mol. The first kappa shape index (κ1) is 15.7. The summed E-state index contributed by atoms with van der Waals surface area (Å²) in [4.78, 5) is 11.2. The van der Waals surface area contributed by atoms with Crippen LogP contribution >= 0.6 is 0 Å². The van der Waals surface area contributed by atoms with Gasteiger partial charge in [-0.2, -0.15) is 0 Å². The summed E-state index contributed by atoms with van der Waals surface area (Å²) < 4.78 is 5.46. The molecule has 106 valence electrons. The maximum absolute atomic E-state index is 11.2. The Labute approximate surface area is 114 Å². The number of hydrogen-bond acceptors (Lipinski definition) is 3. The van der Waals surface area contributed by atoms with Crippen LogP contribution in [-0.4, -0.2) is 30.8 Å². The molecule has 1 rings (SSSR count). The van der Waals surface area contributed by atoms with Crippen molar-refractivity contribution in [3.8, 4) is 0 Å². The third-order valence-electron chi connectivity index (χ3n) is 2.81. The molecule has 1 aromatic carbocycles. The average Bonchev–Trinajstić information content (AvgIpc) is 2.38. The SMILES string of the molecule is CC(C)CCOCCNC(C(=O)O)c1ccccc1. The molecule has 0 aliphatic heterocycles. The highest BCUT2D eigenvalue weighted by Crippen LogP contribution is 2.12. The van der Waals surface area contributed by atoms with Gasteiger partial charge in [0.2, 0.25) is 0 Å². The highest BCUT2D eigenvalue weighted by Gasteiger charge is 2.18. The molecule has 0 spiro atoms. The van der Waals surface area contributed by atoms with Crippen molar-refractivity contribution < 1.29 is 14.6 Å². The van der Waals surface area contributed by atoms with Gasteiger partial charge in [0, 0.05) is 13.2 Å². The van der Waals surface area contributed by atoms with E-state index in [0.29, 0.717) is 19.1 Å². The second-order valence-electron chi connectivity index (χ2n) is 4.93. The zero-order valence-electron chi connectivity index (χ0n) is 11.6. The molecule has 0 aliphatic carbocycles. The number of hydrogen-bond donors (Lipinski definition) is 2. The van der Waals surface area contributed by atoms with Crippen LogP contribution in [0.25, 0.3) is 0 Å². The van der Waals surface area contributed by atoms with E-state index in [0.717, 1.165) is 18.6 Å². The average molecular weight is 265 g/mol. The zero-order chi connectivity index (χ0) is 14.1.